The lowest BCUT2D eigenvalue weighted by molar-refractivity contribution is -0.0634. The van der Waals surface area contributed by atoms with E-state index in [0.717, 1.165) is 57.1 Å². The van der Waals surface area contributed by atoms with Gasteiger partial charge in [-0.1, -0.05) is 26.8 Å². The molecule has 0 spiro atoms. The minimum Gasteiger partial charge on any atom is -1.00 e. The Hall–Kier alpha value is -0.760. The predicted molar refractivity (Wildman–Crippen MR) is 117 cm³/mol. The number of halogens is 2. The molecule has 0 aromatic heterocycles. The van der Waals surface area contributed by atoms with Crippen molar-refractivity contribution in [3.8, 4) is 11.5 Å². The first-order valence-electron chi connectivity index (χ1n) is 11.5. The summed E-state index contributed by atoms with van der Waals surface area (Å²) in [6.45, 7) is 13.4. The molecular weight excluding hydrogens is 451 g/mol. The van der Waals surface area contributed by atoms with Gasteiger partial charge in [0.15, 0.2) is 11.5 Å². The van der Waals surface area contributed by atoms with E-state index in [2.05, 4.69) is 42.7 Å². The van der Waals surface area contributed by atoms with Crippen LogP contribution in [-0.4, -0.2) is 73.2 Å². The van der Waals surface area contributed by atoms with E-state index < -0.39 is 6.10 Å². The maximum Gasteiger partial charge on any atom is 0.231 e. The Morgan fingerprint density at radius 3 is 2.47 bits per heavy atom. The highest BCUT2D eigenvalue weighted by atomic mass is 35.5. The molecule has 3 atom stereocenters. The topological polar surface area (TPSA) is 54.4 Å². The molecule has 0 bridgehead atoms. The van der Waals surface area contributed by atoms with E-state index in [1.165, 1.54) is 12.0 Å². The number of hydrogen-bond donors (Lipinski definition) is 1. The minimum absolute atomic E-state index is 0. The number of β-amino-alcohol motifs (C(OH)–C–C–N with tert-alkyl or cyclic N) is 1. The molecular formula is C24H38Cl2N2O4-2. The first kappa shape index (κ1) is 27.5. The van der Waals surface area contributed by atoms with Crippen LogP contribution in [0.2, 0.25) is 0 Å². The number of aliphatic hydroxyl groups excluding tert-OH is 1. The summed E-state index contributed by atoms with van der Waals surface area (Å²) in [5, 5.41) is 10.5. The second-order valence-electron chi connectivity index (χ2n) is 10.3. The molecule has 2 heterocycles. The Kier molecular flexibility index (Phi) is 10.4. The van der Waals surface area contributed by atoms with Crippen molar-refractivity contribution in [1.29, 1.82) is 0 Å². The zero-order valence-electron chi connectivity index (χ0n) is 19.6. The highest BCUT2D eigenvalue weighted by molar-refractivity contribution is 5.44. The van der Waals surface area contributed by atoms with Gasteiger partial charge in [0, 0.05) is 39.3 Å². The lowest BCUT2D eigenvalue weighted by atomic mass is 9.71. The van der Waals surface area contributed by atoms with E-state index in [-0.39, 0.29) is 30.9 Å². The summed E-state index contributed by atoms with van der Waals surface area (Å²) in [6.07, 6.45) is 3.37. The molecule has 2 fully saturated rings. The van der Waals surface area contributed by atoms with Gasteiger partial charge in [-0.25, -0.2) is 0 Å². The summed E-state index contributed by atoms with van der Waals surface area (Å²) in [5.41, 5.74) is 1.60. The van der Waals surface area contributed by atoms with E-state index in [1.807, 2.05) is 6.07 Å². The zero-order chi connectivity index (χ0) is 21.1. The van der Waals surface area contributed by atoms with Crippen molar-refractivity contribution >= 4 is 0 Å². The Bertz CT molecular complexity index is 713. The average molecular weight is 489 g/mol. The Morgan fingerprint density at radius 1 is 1.06 bits per heavy atom. The number of nitrogens with zero attached hydrogens (tertiary/aromatic N) is 2. The molecule has 3 unspecified atom stereocenters. The van der Waals surface area contributed by atoms with E-state index in [0.29, 0.717) is 31.3 Å². The molecule has 3 aliphatic rings. The fraction of sp³-hybridized carbons (Fsp3) is 0.750. The first-order chi connectivity index (χ1) is 14.4. The predicted octanol–water partition coefficient (Wildman–Crippen LogP) is -2.87. The number of rotatable bonds is 7. The van der Waals surface area contributed by atoms with Gasteiger partial charge in [0.2, 0.25) is 6.79 Å². The molecule has 1 saturated heterocycles. The van der Waals surface area contributed by atoms with Gasteiger partial charge in [0.05, 0.1) is 18.8 Å². The average Bonchev–Trinajstić information content (AvgIpc) is 3.14. The molecule has 1 N–H and O–H groups in total. The number of ether oxygens (including phenoxy) is 3. The highest BCUT2D eigenvalue weighted by Gasteiger charge is 2.33. The van der Waals surface area contributed by atoms with Gasteiger partial charge in [-0.15, -0.1) is 0 Å². The van der Waals surface area contributed by atoms with Crippen LogP contribution in [0.3, 0.4) is 0 Å². The molecule has 184 valence electrons. The maximum absolute atomic E-state index is 10.5. The van der Waals surface area contributed by atoms with Crippen LogP contribution in [0, 0.1) is 11.3 Å². The third kappa shape index (κ3) is 7.64. The van der Waals surface area contributed by atoms with Crippen LogP contribution in [0.1, 0.15) is 45.6 Å². The summed E-state index contributed by atoms with van der Waals surface area (Å²) >= 11 is 0. The second kappa shape index (κ2) is 12.1. The van der Waals surface area contributed by atoms with Crippen LogP contribution in [0.5, 0.6) is 11.5 Å². The Balaban J connectivity index is 0.00000181. The molecule has 6 nitrogen and oxygen atoms in total. The molecule has 1 aromatic carbocycles. The van der Waals surface area contributed by atoms with Crippen molar-refractivity contribution in [2.45, 2.75) is 58.8 Å². The van der Waals surface area contributed by atoms with Gasteiger partial charge in [-0.3, -0.25) is 9.80 Å². The SMILES string of the molecule is CC1CC(OCC(O)CN2CCN(Cc3ccc4c(c3)OCO4)CC2)CC(C)(C)C1.[Cl-].[Cl-]. The number of fused-ring (bicyclic) bond motifs is 1. The first-order valence-corrected chi connectivity index (χ1v) is 11.5. The molecule has 2 aliphatic heterocycles. The summed E-state index contributed by atoms with van der Waals surface area (Å²) in [5.74, 6) is 2.39. The third-order valence-corrected chi connectivity index (χ3v) is 6.65. The molecule has 4 rings (SSSR count). The van der Waals surface area contributed by atoms with E-state index in [1.54, 1.807) is 0 Å². The van der Waals surface area contributed by atoms with Gasteiger partial charge in [0.25, 0.3) is 0 Å². The quantitative estimate of drug-likeness (QED) is 0.445. The van der Waals surface area contributed by atoms with E-state index in [4.69, 9.17) is 14.2 Å². The van der Waals surface area contributed by atoms with Gasteiger partial charge in [-0.2, -0.15) is 0 Å². The molecule has 1 saturated carbocycles. The standard InChI is InChI=1S/C24H38N2O4.2ClH/c1-18-10-21(13-24(2,3)12-18)28-16-20(27)15-26-8-6-25(7-9-26)14-19-4-5-22-23(11-19)30-17-29-22;;/h4-5,11,18,20-21,27H,6-10,12-17H2,1-3H3;2*1H/p-2. The van der Waals surface area contributed by atoms with Crippen LogP contribution in [0.25, 0.3) is 0 Å². The smallest absolute Gasteiger partial charge is 0.231 e. The number of aliphatic hydroxyl groups is 1. The second-order valence-corrected chi connectivity index (χ2v) is 10.3. The van der Waals surface area contributed by atoms with Crippen molar-refractivity contribution in [2.24, 2.45) is 11.3 Å². The van der Waals surface area contributed by atoms with Crippen LogP contribution in [-0.2, 0) is 11.3 Å². The lowest BCUT2D eigenvalue weighted by Crippen LogP contribution is -3.00. The minimum atomic E-state index is -0.411. The molecule has 1 aromatic rings. The van der Waals surface area contributed by atoms with Crippen molar-refractivity contribution < 1.29 is 44.1 Å². The highest BCUT2D eigenvalue weighted by Crippen LogP contribution is 2.39. The maximum atomic E-state index is 10.5. The Morgan fingerprint density at radius 2 is 1.75 bits per heavy atom. The van der Waals surface area contributed by atoms with Gasteiger partial charge in [0.1, 0.15) is 0 Å². The normalized spacial score (nSPS) is 26.1. The molecule has 32 heavy (non-hydrogen) atoms. The van der Waals surface area contributed by atoms with Crippen molar-refractivity contribution in [2.75, 3.05) is 46.1 Å². The van der Waals surface area contributed by atoms with E-state index >= 15 is 0 Å². The van der Waals surface area contributed by atoms with Crippen LogP contribution < -0.4 is 34.3 Å². The van der Waals surface area contributed by atoms with Crippen molar-refractivity contribution in [1.82, 2.24) is 9.80 Å². The van der Waals surface area contributed by atoms with Crippen molar-refractivity contribution in [3.63, 3.8) is 0 Å². The van der Waals surface area contributed by atoms with Crippen LogP contribution >= 0.6 is 0 Å². The number of hydrogen-bond acceptors (Lipinski definition) is 6. The van der Waals surface area contributed by atoms with Gasteiger partial charge in [-0.05, 0) is 48.3 Å². The molecule has 0 amide bonds. The summed E-state index contributed by atoms with van der Waals surface area (Å²) < 4.78 is 17.0. The zero-order valence-corrected chi connectivity index (χ0v) is 21.1. The lowest BCUT2D eigenvalue weighted by Gasteiger charge is -2.39. The largest absolute Gasteiger partial charge is 1.00 e. The number of benzene rings is 1. The van der Waals surface area contributed by atoms with Gasteiger partial charge < -0.3 is 44.1 Å². The fourth-order valence-electron chi connectivity index (χ4n) is 5.41. The van der Waals surface area contributed by atoms with Gasteiger partial charge >= 0.3 is 0 Å². The molecule has 8 heteroatoms. The summed E-state index contributed by atoms with van der Waals surface area (Å²) in [4.78, 5) is 4.82. The number of piperazine rings is 1. The summed E-state index contributed by atoms with van der Waals surface area (Å²) in [6, 6.07) is 6.20. The molecule has 1 aliphatic carbocycles. The van der Waals surface area contributed by atoms with Crippen LogP contribution in [0.15, 0.2) is 18.2 Å². The van der Waals surface area contributed by atoms with E-state index in [9.17, 15) is 5.11 Å². The fourth-order valence-corrected chi connectivity index (χ4v) is 5.41. The summed E-state index contributed by atoms with van der Waals surface area (Å²) in [7, 11) is 0. The third-order valence-electron chi connectivity index (χ3n) is 6.65. The van der Waals surface area contributed by atoms with Crippen LogP contribution in [0.4, 0.5) is 0 Å². The Labute approximate surface area is 205 Å². The molecule has 0 radical (unpaired) electrons. The van der Waals surface area contributed by atoms with Crippen molar-refractivity contribution in [3.05, 3.63) is 23.8 Å². The monoisotopic (exact) mass is 488 g/mol.